The molecule has 1 amide bonds. The maximum atomic E-state index is 11.6. The molecule has 4 heteroatoms. The molecule has 0 bridgehead atoms. The molecule has 0 aromatic heterocycles. The lowest BCUT2D eigenvalue weighted by atomic mass is 10.1. The van der Waals surface area contributed by atoms with Crippen molar-refractivity contribution in [2.45, 2.75) is 38.8 Å². The Bertz CT molecular complexity index is 439. The van der Waals surface area contributed by atoms with Crippen LogP contribution in [0, 0.1) is 0 Å². The molecule has 0 saturated carbocycles. The van der Waals surface area contributed by atoms with Gasteiger partial charge < -0.3 is 10.6 Å². The molecule has 2 N–H and O–H groups in total. The van der Waals surface area contributed by atoms with E-state index in [2.05, 4.69) is 33.7 Å². The molecule has 1 aromatic carbocycles. The molecule has 0 aliphatic carbocycles. The van der Waals surface area contributed by atoms with Crippen LogP contribution in [-0.2, 0) is 17.9 Å². The van der Waals surface area contributed by atoms with Gasteiger partial charge >= 0.3 is 0 Å². The van der Waals surface area contributed by atoms with Crippen LogP contribution < -0.4 is 10.6 Å². The molecule has 0 radical (unpaired) electrons. The van der Waals surface area contributed by atoms with Crippen molar-refractivity contribution in [1.82, 2.24) is 15.5 Å². The van der Waals surface area contributed by atoms with Crippen molar-refractivity contribution in [2.75, 3.05) is 26.7 Å². The highest BCUT2D eigenvalue weighted by Gasteiger charge is 2.11. The van der Waals surface area contributed by atoms with E-state index in [9.17, 15) is 4.79 Å². The summed E-state index contributed by atoms with van der Waals surface area (Å²) in [5, 5.41) is 5.84. The second-order valence-electron chi connectivity index (χ2n) is 5.77. The monoisotopic (exact) mass is 289 g/mol. The van der Waals surface area contributed by atoms with Gasteiger partial charge in [0.25, 0.3) is 0 Å². The zero-order chi connectivity index (χ0) is 14.9. The van der Waals surface area contributed by atoms with Gasteiger partial charge in [-0.2, -0.15) is 0 Å². The Balaban J connectivity index is 1.94. The SMILES string of the molecule is CNCC(=O)NCc1ccccc1CN1CCCCCC1. The normalized spacial score (nSPS) is 16.4. The van der Waals surface area contributed by atoms with Crippen molar-refractivity contribution in [3.63, 3.8) is 0 Å². The molecule has 1 fully saturated rings. The Morgan fingerprint density at radius 2 is 1.76 bits per heavy atom. The highest BCUT2D eigenvalue weighted by atomic mass is 16.1. The fourth-order valence-corrected chi connectivity index (χ4v) is 2.84. The lowest BCUT2D eigenvalue weighted by Gasteiger charge is -2.21. The average Bonchev–Trinajstić information content (AvgIpc) is 2.75. The summed E-state index contributed by atoms with van der Waals surface area (Å²) < 4.78 is 0. The van der Waals surface area contributed by atoms with Crippen LogP contribution in [0.15, 0.2) is 24.3 Å². The molecule has 4 nitrogen and oxygen atoms in total. The highest BCUT2D eigenvalue weighted by Crippen LogP contribution is 2.16. The van der Waals surface area contributed by atoms with Crippen LogP contribution in [0.1, 0.15) is 36.8 Å². The third kappa shape index (κ3) is 5.48. The Labute approximate surface area is 127 Å². The quantitative estimate of drug-likeness (QED) is 0.840. The molecule has 1 aliphatic heterocycles. The smallest absolute Gasteiger partial charge is 0.234 e. The molecule has 1 saturated heterocycles. The Hall–Kier alpha value is -1.39. The van der Waals surface area contributed by atoms with Crippen LogP contribution in [0.4, 0.5) is 0 Å². The van der Waals surface area contributed by atoms with Gasteiger partial charge in [0.2, 0.25) is 5.91 Å². The van der Waals surface area contributed by atoms with Gasteiger partial charge in [-0.1, -0.05) is 37.1 Å². The van der Waals surface area contributed by atoms with Crippen LogP contribution in [0.3, 0.4) is 0 Å². The zero-order valence-corrected chi connectivity index (χ0v) is 13.0. The molecule has 2 rings (SSSR count). The number of hydrogen-bond donors (Lipinski definition) is 2. The molecule has 1 aromatic rings. The molecule has 0 unspecified atom stereocenters. The fraction of sp³-hybridized carbons (Fsp3) is 0.588. The zero-order valence-electron chi connectivity index (χ0n) is 13.0. The molecule has 21 heavy (non-hydrogen) atoms. The minimum absolute atomic E-state index is 0.0436. The maximum absolute atomic E-state index is 11.6. The van der Waals surface area contributed by atoms with E-state index < -0.39 is 0 Å². The van der Waals surface area contributed by atoms with E-state index >= 15 is 0 Å². The van der Waals surface area contributed by atoms with Crippen molar-refractivity contribution in [3.8, 4) is 0 Å². The van der Waals surface area contributed by atoms with E-state index in [4.69, 9.17) is 0 Å². The summed E-state index contributed by atoms with van der Waals surface area (Å²) in [5.41, 5.74) is 2.57. The van der Waals surface area contributed by atoms with Gasteiger partial charge in [-0.25, -0.2) is 0 Å². The van der Waals surface area contributed by atoms with Crippen molar-refractivity contribution in [3.05, 3.63) is 35.4 Å². The molecule has 0 atom stereocenters. The summed E-state index contributed by atoms with van der Waals surface area (Å²) in [5.74, 6) is 0.0436. The summed E-state index contributed by atoms with van der Waals surface area (Å²) in [6.07, 6.45) is 5.33. The Morgan fingerprint density at radius 3 is 2.43 bits per heavy atom. The maximum Gasteiger partial charge on any atom is 0.234 e. The number of carbonyl (C=O) groups is 1. The van der Waals surface area contributed by atoms with Gasteiger partial charge in [-0.3, -0.25) is 9.69 Å². The number of nitrogens with one attached hydrogen (secondary N) is 2. The number of hydrogen-bond acceptors (Lipinski definition) is 3. The predicted octanol–water partition coefficient (Wildman–Crippen LogP) is 1.90. The van der Waals surface area contributed by atoms with Gasteiger partial charge in [-0.15, -0.1) is 0 Å². The number of benzene rings is 1. The number of amides is 1. The van der Waals surface area contributed by atoms with Crippen molar-refractivity contribution in [2.24, 2.45) is 0 Å². The Morgan fingerprint density at radius 1 is 1.10 bits per heavy atom. The lowest BCUT2D eigenvalue weighted by molar-refractivity contribution is -0.120. The molecule has 1 aliphatic rings. The minimum Gasteiger partial charge on any atom is -0.351 e. The van der Waals surface area contributed by atoms with E-state index in [0.29, 0.717) is 13.1 Å². The van der Waals surface area contributed by atoms with Gasteiger partial charge in [0.1, 0.15) is 0 Å². The predicted molar refractivity (Wildman–Crippen MR) is 86.0 cm³/mol. The second kappa shape index (κ2) is 8.80. The number of likely N-dealkylation sites (N-methyl/N-ethyl adjacent to an activating group) is 1. The van der Waals surface area contributed by atoms with E-state index in [0.717, 1.165) is 6.54 Å². The van der Waals surface area contributed by atoms with Crippen molar-refractivity contribution < 1.29 is 4.79 Å². The highest BCUT2D eigenvalue weighted by molar-refractivity contribution is 5.77. The fourth-order valence-electron chi connectivity index (χ4n) is 2.84. The van der Waals surface area contributed by atoms with Crippen LogP contribution in [0.25, 0.3) is 0 Å². The molecule has 0 spiro atoms. The van der Waals surface area contributed by atoms with Crippen LogP contribution >= 0.6 is 0 Å². The van der Waals surface area contributed by atoms with Crippen molar-refractivity contribution >= 4 is 5.91 Å². The van der Waals surface area contributed by atoms with E-state index in [1.54, 1.807) is 7.05 Å². The van der Waals surface area contributed by atoms with E-state index in [1.165, 1.54) is 49.9 Å². The van der Waals surface area contributed by atoms with Gasteiger partial charge in [0.05, 0.1) is 6.54 Å². The first-order valence-electron chi connectivity index (χ1n) is 8.00. The molecular formula is C17H27N3O. The van der Waals surface area contributed by atoms with Gasteiger partial charge in [0, 0.05) is 13.1 Å². The standard InChI is InChI=1S/C17H27N3O/c1-18-13-17(21)19-12-15-8-4-5-9-16(15)14-20-10-6-2-3-7-11-20/h4-5,8-9,18H,2-3,6-7,10-14H2,1H3,(H,19,21). The number of nitrogens with zero attached hydrogens (tertiary/aromatic N) is 1. The molecule has 116 valence electrons. The summed E-state index contributed by atoms with van der Waals surface area (Å²) in [6, 6.07) is 8.44. The van der Waals surface area contributed by atoms with Crippen LogP contribution in [0.2, 0.25) is 0 Å². The molecular weight excluding hydrogens is 262 g/mol. The summed E-state index contributed by atoms with van der Waals surface area (Å²) >= 11 is 0. The minimum atomic E-state index is 0.0436. The van der Waals surface area contributed by atoms with Gasteiger partial charge in [0.15, 0.2) is 0 Å². The first kappa shape index (κ1) is 16.0. The first-order chi connectivity index (χ1) is 10.3. The Kier molecular flexibility index (Phi) is 6.70. The van der Waals surface area contributed by atoms with E-state index in [-0.39, 0.29) is 5.91 Å². The van der Waals surface area contributed by atoms with Crippen LogP contribution in [-0.4, -0.2) is 37.5 Å². The number of likely N-dealkylation sites (tertiary alicyclic amines) is 1. The van der Waals surface area contributed by atoms with Gasteiger partial charge in [-0.05, 0) is 44.1 Å². The van der Waals surface area contributed by atoms with Crippen LogP contribution in [0.5, 0.6) is 0 Å². The summed E-state index contributed by atoms with van der Waals surface area (Å²) in [6.45, 7) is 4.37. The topological polar surface area (TPSA) is 44.4 Å². The first-order valence-corrected chi connectivity index (χ1v) is 8.00. The molecule has 1 heterocycles. The lowest BCUT2D eigenvalue weighted by Crippen LogP contribution is -2.32. The third-order valence-electron chi connectivity index (χ3n) is 4.02. The average molecular weight is 289 g/mol. The van der Waals surface area contributed by atoms with Crippen molar-refractivity contribution in [1.29, 1.82) is 0 Å². The van der Waals surface area contributed by atoms with E-state index in [1.807, 2.05) is 6.07 Å². The number of rotatable bonds is 6. The summed E-state index contributed by atoms with van der Waals surface area (Å²) in [4.78, 5) is 14.1. The second-order valence-corrected chi connectivity index (χ2v) is 5.77. The third-order valence-corrected chi connectivity index (χ3v) is 4.02. The largest absolute Gasteiger partial charge is 0.351 e. The summed E-state index contributed by atoms with van der Waals surface area (Å²) in [7, 11) is 1.78. The number of carbonyl (C=O) groups excluding carboxylic acids is 1.